The van der Waals surface area contributed by atoms with Gasteiger partial charge in [-0.1, -0.05) is 49.7 Å². The van der Waals surface area contributed by atoms with Crippen LogP contribution in [0.2, 0.25) is 0 Å². The van der Waals surface area contributed by atoms with Gasteiger partial charge >= 0.3 is 7.12 Å². The third kappa shape index (κ3) is 8.41. The molecular weight excluding hydrogens is 472 g/mol. The molecule has 2 unspecified atom stereocenters. The Labute approximate surface area is 217 Å². The van der Waals surface area contributed by atoms with Crippen LogP contribution in [0.5, 0.6) is 5.75 Å². The Kier molecular flexibility index (Phi) is 10.6. The maximum Gasteiger partial charge on any atom is 0.475 e. The van der Waals surface area contributed by atoms with Gasteiger partial charge in [0, 0.05) is 6.20 Å². The molecule has 3 rings (SSSR count). The van der Waals surface area contributed by atoms with Crippen LogP contribution in [0.3, 0.4) is 0 Å². The van der Waals surface area contributed by atoms with Crippen molar-refractivity contribution in [3.63, 3.8) is 0 Å². The van der Waals surface area contributed by atoms with Gasteiger partial charge < -0.3 is 20.1 Å². The van der Waals surface area contributed by atoms with E-state index in [4.69, 9.17) is 4.74 Å². The molecule has 1 heterocycles. The first-order chi connectivity index (χ1) is 17.9. The lowest BCUT2D eigenvalue weighted by molar-refractivity contribution is -0.122. The van der Waals surface area contributed by atoms with Gasteiger partial charge in [0.25, 0.3) is 0 Å². The van der Waals surface area contributed by atoms with Crippen molar-refractivity contribution in [3.05, 3.63) is 95.6 Å². The summed E-state index contributed by atoms with van der Waals surface area (Å²) < 4.78 is 20.3. The van der Waals surface area contributed by atoms with Crippen molar-refractivity contribution in [2.24, 2.45) is 5.92 Å². The number of hydrogen-bond donors (Lipinski definition) is 3. The number of carbonyl (C=O) groups excluding carboxylic acids is 1. The minimum atomic E-state index is -1.71. The topological polar surface area (TPSA) is 115 Å². The van der Waals surface area contributed by atoms with E-state index in [2.05, 4.69) is 16.4 Å². The molecule has 3 atom stereocenters. The first-order valence-corrected chi connectivity index (χ1v) is 12.3. The summed E-state index contributed by atoms with van der Waals surface area (Å²) in [4.78, 5) is 16.7. The molecular formula is C28H31BFN3O4. The van der Waals surface area contributed by atoms with Gasteiger partial charge in [0.1, 0.15) is 11.6 Å². The largest absolute Gasteiger partial charge is 0.493 e. The van der Waals surface area contributed by atoms with Gasteiger partial charge in [0.15, 0.2) is 0 Å². The molecule has 9 heteroatoms. The highest BCUT2D eigenvalue weighted by Crippen LogP contribution is 2.30. The van der Waals surface area contributed by atoms with E-state index in [9.17, 15) is 24.5 Å². The van der Waals surface area contributed by atoms with Crippen LogP contribution in [0.25, 0.3) is 0 Å². The lowest BCUT2D eigenvalue weighted by Gasteiger charge is -2.21. The summed E-state index contributed by atoms with van der Waals surface area (Å²) in [6.07, 6.45) is 2.90. The summed E-state index contributed by atoms with van der Waals surface area (Å²) in [5.41, 5.74) is 1.95. The number of nitrogens with zero attached hydrogens (tertiary/aromatic N) is 2. The van der Waals surface area contributed by atoms with Gasteiger partial charge in [0.05, 0.1) is 36.6 Å². The lowest BCUT2D eigenvalue weighted by atomic mass is 9.76. The molecule has 192 valence electrons. The molecule has 0 fully saturated rings. The van der Waals surface area contributed by atoms with Crippen molar-refractivity contribution in [1.29, 1.82) is 5.26 Å². The average molecular weight is 503 g/mol. The minimum absolute atomic E-state index is 0.0154. The number of nitriles is 1. The number of carbonyl (C=O) groups is 1. The van der Waals surface area contributed by atoms with Gasteiger partial charge in [-0.2, -0.15) is 5.26 Å². The Hall–Kier alpha value is -3.74. The molecule has 3 N–H and O–H groups in total. The molecule has 0 radical (unpaired) electrons. The van der Waals surface area contributed by atoms with Crippen LogP contribution in [0.15, 0.2) is 72.9 Å². The maximum absolute atomic E-state index is 14.6. The fourth-order valence-electron chi connectivity index (χ4n) is 4.19. The number of pyridine rings is 1. The van der Waals surface area contributed by atoms with E-state index >= 15 is 0 Å². The van der Waals surface area contributed by atoms with E-state index in [0.717, 1.165) is 5.56 Å². The number of rotatable bonds is 13. The molecule has 1 amide bonds. The molecule has 0 aliphatic heterocycles. The molecule has 0 spiro atoms. The van der Waals surface area contributed by atoms with Gasteiger partial charge in [-0.15, -0.1) is 0 Å². The number of halogens is 1. The highest BCUT2D eigenvalue weighted by atomic mass is 19.1. The van der Waals surface area contributed by atoms with Crippen LogP contribution in [-0.2, 0) is 17.6 Å². The maximum atomic E-state index is 14.6. The molecule has 0 aliphatic rings. The number of benzene rings is 2. The van der Waals surface area contributed by atoms with Crippen LogP contribution in [0, 0.1) is 23.1 Å². The summed E-state index contributed by atoms with van der Waals surface area (Å²) in [6.45, 7) is 1.99. The monoisotopic (exact) mass is 503 g/mol. The molecule has 0 bridgehead atoms. The van der Waals surface area contributed by atoms with Crippen molar-refractivity contribution in [1.82, 2.24) is 10.3 Å². The summed E-state index contributed by atoms with van der Waals surface area (Å²) >= 11 is 0. The summed E-state index contributed by atoms with van der Waals surface area (Å²) in [7, 11) is -1.71. The fourth-order valence-corrected chi connectivity index (χ4v) is 4.19. The standard InChI is InChI=1S/C28H31BFN3O4/c1-2-21(24(19-31)26-10-6-7-14-32-26)17-22-18-23(11-12-25(22)30)37-15-13-28(34)33-27(29(35)36)16-20-8-4-3-5-9-20/h3-12,14,18,21,24,27,35-36H,2,13,15-17H2,1H3,(H,33,34)/t21?,24?,27-/m0/s1. The highest BCUT2D eigenvalue weighted by Gasteiger charge is 2.26. The van der Waals surface area contributed by atoms with Gasteiger partial charge in [-0.3, -0.25) is 9.78 Å². The van der Waals surface area contributed by atoms with Crippen molar-refractivity contribution < 1.29 is 24.0 Å². The Morgan fingerprint density at radius 3 is 2.54 bits per heavy atom. The normalized spacial score (nSPS) is 13.2. The molecule has 0 saturated heterocycles. The molecule has 7 nitrogen and oxygen atoms in total. The van der Waals surface area contributed by atoms with E-state index in [1.165, 1.54) is 12.1 Å². The first-order valence-electron chi connectivity index (χ1n) is 12.3. The zero-order valence-electron chi connectivity index (χ0n) is 20.8. The van der Waals surface area contributed by atoms with Crippen molar-refractivity contribution in [3.8, 4) is 11.8 Å². The number of nitrogens with one attached hydrogen (secondary N) is 1. The summed E-state index contributed by atoms with van der Waals surface area (Å²) in [6, 6.07) is 21.4. The van der Waals surface area contributed by atoms with E-state index in [0.29, 0.717) is 29.8 Å². The molecule has 1 aromatic heterocycles. The number of ether oxygens (including phenoxy) is 1. The summed E-state index contributed by atoms with van der Waals surface area (Å²) in [5.74, 6) is -1.83. The Balaban J connectivity index is 1.57. The minimum Gasteiger partial charge on any atom is -0.493 e. The lowest BCUT2D eigenvalue weighted by Crippen LogP contribution is -2.48. The Bertz CT molecular complexity index is 1180. The SMILES string of the molecule is CCC(Cc1cc(OCCC(=O)N[C@@H](Cc2ccccc2)B(O)O)ccc1F)C(C#N)c1ccccn1. The molecule has 2 aromatic carbocycles. The van der Waals surface area contributed by atoms with Crippen molar-refractivity contribution in [2.45, 2.75) is 44.5 Å². The second kappa shape index (κ2) is 14.1. The second-order valence-corrected chi connectivity index (χ2v) is 8.86. The van der Waals surface area contributed by atoms with Crippen LogP contribution in [-0.4, -0.2) is 40.6 Å². The van der Waals surface area contributed by atoms with E-state index in [-0.39, 0.29) is 31.2 Å². The van der Waals surface area contributed by atoms with Crippen molar-refractivity contribution >= 4 is 13.0 Å². The smallest absolute Gasteiger partial charge is 0.475 e. The fraction of sp³-hybridized carbons (Fsp3) is 0.321. The third-order valence-corrected chi connectivity index (χ3v) is 6.24. The van der Waals surface area contributed by atoms with Gasteiger partial charge in [-0.25, -0.2) is 4.39 Å². The number of hydrogen-bond acceptors (Lipinski definition) is 6. The molecule has 0 aliphatic carbocycles. The van der Waals surface area contributed by atoms with Gasteiger partial charge in [-0.05, 0) is 60.2 Å². The zero-order chi connectivity index (χ0) is 26.6. The summed E-state index contributed by atoms with van der Waals surface area (Å²) in [5, 5.41) is 31.7. The van der Waals surface area contributed by atoms with Crippen LogP contribution in [0.1, 0.15) is 42.5 Å². The quantitative estimate of drug-likeness (QED) is 0.307. The number of amides is 1. The van der Waals surface area contributed by atoms with Crippen LogP contribution < -0.4 is 10.1 Å². The molecule has 37 heavy (non-hydrogen) atoms. The predicted molar refractivity (Wildman–Crippen MR) is 139 cm³/mol. The van der Waals surface area contributed by atoms with Gasteiger partial charge in [0.2, 0.25) is 5.91 Å². The van der Waals surface area contributed by atoms with E-state index in [1.807, 2.05) is 43.3 Å². The molecule has 0 saturated carbocycles. The zero-order valence-corrected chi connectivity index (χ0v) is 20.8. The van der Waals surface area contributed by atoms with E-state index < -0.39 is 24.9 Å². The predicted octanol–water partition coefficient (Wildman–Crippen LogP) is 3.61. The Morgan fingerprint density at radius 2 is 1.89 bits per heavy atom. The van der Waals surface area contributed by atoms with E-state index in [1.54, 1.807) is 24.4 Å². The first kappa shape index (κ1) is 27.8. The Morgan fingerprint density at radius 1 is 1.14 bits per heavy atom. The average Bonchev–Trinajstić information content (AvgIpc) is 2.91. The third-order valence-electron chi connectivity index (χ3n) is 6.24. The molecule has 3 aromatic rings. The van der Waals surface area contributed by atoms with Crippen LogP contribution >= 0.6 is 0 Å². The van der Waals surface area contributed by atoms with Crippen molar-refractivity contribution in [2.75, 3.05) is 6.61 Å². The van der Waals surface area contributed by atoms with Crippen LogP contribution in [0.4, 0.5) is 4.39 Å². The highest BCUT2D eigenvalue weighted by molar-refractivity contribution is 6.43. The second-order valence-electron chi connectivity index (χ2n) is 8.86. The number of aromatic nitrogens is 1.